The second-order valence-electron chi connectivity index (χ2n) is 7.08. The minimum Gasteiger partial charge on any atom is -0.493 e. The normalized spacial score (nSPS) is 22.3. The van der Waals surface area contributed by atoms with Gasteiger partial charge in [0.2, 0.25) is 0 Å². The molecule has 1 N–H and O–H groups in total. The molecule has 4 rings (SSSR count). The van der Waals surface area contributed by atoms with Gasteiger partial charge in [-0.25, -0.2) is 4.79 Å². The zero-order valence-corrected chi connectivity index (χ0v) is 15.1. The number of nitrogens with one attached hydrogen (secondary N) is 1. The first-order chi connectivity index (χ1) is 12.6. The van der Waals surface area contributed by atoms with E-state index in [1.807, 2.05) is 25.1 Å². The Morgan fingerprint density at radius 1 is 1.12 bits per heavy atom. The largest absolute Gasteiger partial charge is 0.493 e. The molecule has 1 aliphatic heterocycles. The maximum atomic E-state index is 11.7. The molecule has 1 amide bonds. The van der Waals surface area contributed by atoms with Crippen molar-refractivity contribution in [2.24, 2.45) is 0 Å². The minimum absolute atomic E-state index is 0.0833. The molecule has 0 aromatic heterocycles. The summed E-state index contributed by atoms with van der Waals surface area (Å²) in [5.74, 6) is 1.38. The molecule has 26 heavy (non-hydrogen) atoms. The summed E-state index contributed by atoms with van der Waals surface area (Å²) in [6.07, 6.45) is 2.18. The standard InChI is InChI=1S/C21H23NO4/c1-21(9-10-22-20(23)26-21)16-7-8-18(24-2)19(13-16)25-17-11-14-5-3-4-6-15(14)12-17/h3-8,13,17H,9-12H2,1-2H3,(H,22,23)/t21-/m1/s1. The van der Waals surface area contributed by atoms with Gasteiger partial charge in [-0.2, -0.15) is 0 Å². The Bertz CT molecular complexity index is 810. The van der Waals surface area contributed by atoms with Crippen LogP contribution in [-0.4, -0.2) is 25.9 Å². The third-order valence-corrected chi connectivity index (χ3v) is 5.27. The number of ether oxygens (including phenoxy) is 3. The van der Waals surface area contributed by atoms with Gasteiger partial charge >= 0.3 is 6.09 Å². The molecule has 0 radical (unpaired) electrons. The van der Waals surface area contributed by atoms with Crippen molar-refractivity contribution in [1.82, 2.24) is 5.32 Å². The van der Waals surface area contributed by atoms with Crippen LogP contribution in [0.3, 0.4) is 0 Å². The second kappa shape index (κ2) is 6.56. The number of alkyl carbamates (subject to hydrolysis) is 1. The molecule has 0 saturated carbocycles. The topological polar surface area (TPSA) is 56.8 Å². The smallest absolute Gasteiger partial charge is 0.408 e. The van der Waals surface area contributed by atoms with Gasteiger partial charge in [0, 0.05) is 25.8 Å². The molecule has 1 fully saturated rings. The number of rotatable bonds is 4. The number of amides is 1. The molecule has 5 heteroatoms. The molecule has 2 aliphatic rings. The van der Waals surface area contributed by atoms with Crippen LogP contribution in [0.25, 0.3) is 0 Å². The fourth-order valence-electron chi connectivity index (χ4n) is 3.78. The van der Waals surface area contributed by atoms with Crippen LogP contribution in [0.1, 0.15) is 30.0 Å². The highest BCUT2D eigenvalue weighted by Gasteiger charge is 2.35. The minimum atomic E-state index is -0.661. The number of carbonyl (C=O) groups is 1. The van der Waals surface area contributed by atoms with Gasteiger partial charge in [-0.05, 0) is 35.7 Å². The summed E-state index contributed by atoms with van der Waals surface area (Å²) in [7, 11) is 1.64. The highest BCUT2D eigenvalue weighted by atomic mass is 16.6. The van der Waals surface area contributed by atoms with E-state index in [0.717, 1.165) is 18.4 Å². The van der Waals surface area contributed by atoms with E-state index >= 15 is 0 Å². The van der Waals surface area contributed by atoms with E-state index in [1.54, 1.807) is 7.11 Å². The number of hydrogen-bond donors (Lipinski definition) is 1. The number of benzene rings is 2. The zero-order valence-electron chi connectivity index (χ0n) is 15.1. The number of methoxy groups -OCH3 is 1. The van der Waals surface area contributed by atoms with Crippen molar-refractivity contribution in [2.75, 3.05) is 13.7 Å². The van der Waals surface area contributed by atoms with E-state index in [1.165, 1.54) is 11.1 Å². The summed E-state index contributed by atoms with van der Waals surface area (Å²) in [6, 6.07) is 14.2. The summed E-state index contributed by atoms with van der Waals surface area (Å²) in [6.45, 7) is 2.53. The van der Waals surface area contributed by atoms with Crippen LogP contribution in [0.5, 0.6) is 11.5 Å². The second-order valence-corrected chi connectivity index (χ2v) is 7.08. The first-order valence-corrected chi connectivity index (χ1v) is 8.96. The monoisotopic (exact) mass is 353 g/mol. The highest BCUT2D eigenvalue weighted by molar-refractivity contribution is 5.69. The summed E-state index contributed by atoms with van der Waals surface area (Å²) in [5.41, 5.74) is 2.93. The average molecular weight is 353 g/mol. The van der Waals surface area contributed by atoms with E-state index in [0.29, 0.717) is 24.5 Å². The van der Waals surface area contributed by atoms with Crippen molar-refractivity contribution in [3.8, 4) is 11.5 Å². The van der Waals surface area contributed by atoms with Gasteiger partial charge in [-0.15, -0.1) is 0 Å². The first kappa shape index (κ1) is 16.8. The van der Waals surface area contributed by atoms with Gasteiger partial charge in [0.25, 0.3) is 0 Å². The zero-order chi connectivity index (χ0) is 18.1. The number of fused-ring (bicyclic) bond motifs is 1. The maximum Gasteiger partial charge on any atom is 0.408 e. The van der Waals surface area contributed by atoms with Gasteiger partial charge in [0.15, 0.2) is 11.5 Å². The van der Waals surface area contributed by atoms with Crippen molar-refractivity contribution in [3.63, 3.8) is 0 Å². The van der Waals surface area contributed by atoms with E-state index < -0.39 is 5.60 Å². The van der Waals surface area contributed by atoms with Crippen LogP contribution >= 0.6 is 0 Å². The molecule has 2 aromatic rings. The molecule has 1 saturated heterocycles. The van der Waals surface area contributed by atoms with Crippen LogP contribution in [0.4, 0.5) is 4.79 Å². The molecule has 0 spiro atoms. The molecule has 5 nitrogen and oxygen atoms in total. The van der Waals surface area contributed by atoms with Crippen LogP contribution in [0, 0.1) is 0 Å². The van der Waals surface area contributed by atoms with Crippen LogP contribution < -0.4 is 14.8 Å². The van der Waals surface area contributed by atoms with Crippen molar-refractivity contribution < 1.29 is 19.0 Å². The Labute approximate surface area is 153 Å². The fourth-order valence-corrected chi connectivity index (χ4v) is 3.78. The summed E-state index contributed by atoms with van der Waals surface area (Å²) in [4.78, 5) is 11.7. The van der Waals surface area contributed by atoms with E-state index in [9.17, 15) is 4.79 Å². The van der Waals surface area contributed by atoms with Gasteiger partial charge in [0.05, 0.1) is 7.11 Å². The molecule has 1 atom stereocenters. The molecule has 0 bridgehead atoms. The lowest BCUT2D eigenvalue weighted by Gasteiger charge is -2.34. The van der Waals surface area contributed by atoms with Crippen LogP contribution in [0.15, 0.2) is 42.5 Å². The van der Waals surface area contributed by atoms with Gasteiger partial charge in [0.1, 0.15) is 11.7 Å². The summed E-state index contributed by atoms with van der Waals surface area (Å²) >= 11 is 0. The van der Waals surface area contributed by atoms with E-state index in [2.05, 4.69) is 29.6 Å². The molecule has 0 unspecified atom stereocenters. The Kier molecular flexibility index (Phi) is 4.23. The van der Waals surface area contributed by atoms with Gasteiger partial charge < -0.3 is 19.5 Å². The molecule has 1 aliphatic carbocycles. The van der Waals surface area contributed by atoms with Gasteiger partial charge in [-0.1, -0.05) is 30.3 Å². The SMILES string of the molecule is COc1ccc([C@@]2(C)CCNC(=O)O2)cc1OC1Cc2ccccc2C1. The quantitative estimate of drug-likeness (QED) is 0.913. The molecule has 1 heterocycles. The average Bonchev–Trinajstić information content (AvgIpc) is 3.04. The molecule has 2 aromatic carbocycles. The number of carbonyl (C=O) groups excluding carboxylic acids is 1. The molecular formula is C21H23NO4. The van der Waals surface area contributed by atoms with Crippen molar-refractivity contribution in [3.05, 3.63) is 59.2 Å². The summed E-state index contributed by atoms with van der Waals surface area (Å²) in [5, 5.41) is 2.70. The fraction of sp³-hybridized carbons (Fsp3) is 0.381. The van der Waals surface area contributed by atoms with Crippen LogP contribution in [-0.2, 0) is 23.2 Å². The van der Waals surface area contributed by atoms with E-state index in [4.69, 9.17) is 14.2 Å². The lowest BCUT2D eigenvalue weighted by Crippen LogP contribution is -2.43. The van der Waals surface area contributed by atoms with Gasteiger partial charge in [-0.3, -0.25) is 0 Å². The predicted octanol–water partition coefficient (Wildman–Crippen LogP) is 3.59. The Morgan fingerprint density at radius 2 is 1.85 bits per heavy atom. The molecule has 136 valence electrons. The first-order valence-electron chi connectivity index (χ1n) is 8.96. The third-order valence-electron chi connectivity index (χ3n) is 5.27. The van der Waals surface area contributed by atoms with Crippen molar-refractivity contribution >= 4 is 6.09 Å². The number of cyclic esters (lactones) is 1. The number of hydrogen-bond acceptors (Lipinski definition) is 4. The third kappa shape index (κ3) is 3.09. The Hall–Kier alpha value is -2.69. The van der Waals surface area contributed by atoms with Crippen molar-refractivity contribution in [1.29, 1.82) is 0 Å². The lowest BCUT2D eigenvalue weighted by molar-refractivity contribution is -0.00301. The summed E-state index contributed by atoms with van der Waals surface area (Å²) < 4.78 is 17.3. The molecular weight excluding hydrogens is 330 g/mol. The maximum absolute atomic E-state index is 11.7. The highest BCUT2D eigenvalue weighted by Crippen LogP contribution is 2.38. The Morgan fingerprint density at radius 3 is 2.50 bits per heavy atom. The predicted molar refractivity (Wildman–Crippen MR) is 97.7 cm³/mol. The Balaban J connectivity index is 1.58. The van der Waals surface area contributed by atoms with E-state index in [-0.39, 0.29) is 12.2 Å². The van der Waals surface area contributed by atoms with Crippen LogP contribution in [0.2, 0.25) is 0 Å². The lowest BCUT2D eigenvalue weighted by atomic mass is 9.91. The van der Waals surface area contributed by atoms with Crippen molar-refractivity contribution in [2.45, 2.75) is 37.9 Å².